The van der Waals surface area contributed by atoms with E-state index in [1.54, 1.807) is 6.07 Å². The van der Waals surface area contributed by atoms with Crippen molar-refractivity contribution in [2.75, 3.05) is 0 Å². The van der Waals surface area contributed by atoms with Crippen LogP contribution in [0.5, 0.6) is 0 Å². The van der Waals surface area contributed by atoms with Crippen LogP contribution in [0.1, 0.15) is 89.5 Å². The average Bonchev–Trinajstić information content (AvgIpc) is 3.18. The predicted octanol–water partition coefficient (Wildman–Crippen LogP) is 2.42. The zero-order valence-electron chi connectivity index (χ0n) is 22.8. The molecule has 1 aromatic rings. The number of carbonyl (C=O) groups excluding carboxylic acids is 1. The molecule has 1 aromatic heterocycles. The van der Waals surface area contributed by atoms with Crippen LogP contribution < -0.4 is 5.63 Å². The highest BCUT2D eigenvalue weighted by Gasteiger charge is 2.71. The highest BCUT2D eigenvalue weighted by molar-refractivity contribution is 5.64. The quantitative estimate of drug-likeness (QED) is 0.330. The summed E-state index contributed by atoms with van der Waals surface area (Å²) in [5.41, 5.74) is -3.16. The molecule has 216 valence electrons. The summed E-state index contributed by atoms with van der Waals surface area (Å²) >= 11 is 0. The van der Waals surface area contributed by atoms with Crippen molar-refractivity contribution in [1.29, 1.82) is 0 Å². The van der Waals surface area contributed by atoms with Crippen molar-refractivity contribution < 1.29 is 39.1 Å². The first-order valence-electron chi connectivity index (χ1n) is 14.6. The molecule has 0 amide bonds. The van der Waals surface area contributed by atoms with E-state index in [9.17, 15) is 30.0 Å². The molecule has 4 N–H and O–H groups in total. The summed E-state index contributed by atoms with van der Waals surface area (Å²) in [7, 11) is 0. The van der Waals surface area contributed by atoms with Crippen LogP contribution in [-0.4, -0.2) is 68.6 Å². The van der Waals surface area contributed by atoms with Gasteiger partial charge in [-0.1, -0.05) is 6.92 Å². The van der Waals surface area contributed by atoms with Crippen molar-refractivity contribution in [1.82, 2.24) is 0 Å². The highest BCUT2D eigenvalue weighted by Crippen LogP contribution is 2.71. The second-order valence-corrected chi connectivity index (χ2v) is 13.4. The summed E-state index contributed by atoms with van der Waals surface area (Å²) in [6.45, 7) is 3.96. The predicted molar refractivity (Wildman–Crippen MR) is 139 cm³/mol. The first-order valence-corrected chi connectivity index (χ1v) is 14.6. The molecule has 12 atom stereocenters. The van der Waals surface area contributed by atoms with E-state index in [1.807, 2.05) is 6.92 Å². The number of hydrogen-bond donors (Lipinski definition) is 4. The molecule has 9 nitrogen and oxygen atoms in total. The number of aldehydes is 1. The zero-order chi connectivity index (χ0) is 27.8. The van der Waals surface area contributed by atoms with E-state index in [1.165, 1.54) is 12.3 Å². The summed E-state index contributed by atoms with van der Waals surface area (Å²) in [6, 6.07) is 3.24. The maximum Gasteiger partial charge on any atom is 0.335 e. The molecule has 5 aliphatic rings. The van der Waals surface area contributed by atoms with Crippen molar-refractivity contribution in [3.05, 3.63) is 34.4 Å². The summed E-state index contributed by atoms with van der Waals surface area (Å²) in [6.07, 6.45) is 4.02. The van der Waals surface area contributed by atoms with Crippen molar-refractivity contribution in [2.24, 2.45) is 22.7 Å². The maximum absolute atomic E-state index is 13.0. The third kappa shape index (κ3) is 3.95. The second-order valence-electron chi connectivity index (χ2n) is 13.4. The minimum absolute atomic E-state index is 0.0459. The van der Waals surface area contributed by atoms with Gasteiger partial charge in [0.05, 0.1) is 41.2 Å². The summed E-state index contributed by atoms with van der Waals surface area (Å²) in [5, 5.41) is 45.1. The lowest BCUT2D eigenvalue weighted by molar-refractivity contribution is -0.298. The van der Waals surface area contributed by atoms with E-state index in [0.29, 0.717) is 44.9 Å². The van der Waals surface area contributed by atoms with Crippen molar-refractivity contribution >= 4 is 6.29 Å². The minimum Gasteiger partial charge on any atom is -0.431 e. The van der Waals surface area contributed by atoms with Gasteiger partial charge in [0, 0.05) is 24.3 Å². The molecule has 0 radical (unpaired) electrons. The molecule has 9 heteroatoms. The van der Waals surface area contributed by atoms with Crippen LogP contribution in [0.4, 0.5) is 0 Å². The average molecular weight is 547 g/mol. The van der Waals surface area contributed by atoms with E-state index >= 15 is 0 Å². The van der Waals surface area contributed by atoms with Gasteiger partial charge in [-0.25, -0.2) is 4.79 Å². The van der Waals surface area contributed by atoms with Gasteiger partial charge in [-0.05, 0) is 87.7 Å². The van der Waals surface area contributed by atoms with Gasteiger partial charge in [-0.2, -0.15) is 0 Å². The fourth-order valence-electron chi connectivity index (χ4n) is 9.68. The van der Waals surface area contributed by atoms with E-state index in [2.05, 4.69) is 6.92 Å². The largest absolute Gasteiger partial charge is 0.431 e. The van der Waals surface area contributed by atoms with Crippen LogP contribution >= 0.6 is 0 Å². The van der Waals surface area contributed by atoms with Gasteiger partial charge in [0.25, 0.3) is 0 Å². The van der Waals surface area contributed by atoms with Crippen LogP contribution in [0.3, 0.4) is 0 Å². The lowest BCUT2D eigenvalue weighted by atomic mass is 9.41. The Morgan fingerprint density at radius 3 is 2.51 bits per heavy atom. The molecule has 6 rings (SSSR count). The van der Waals surface area contributed by atoms with E-state index < -0.39 is 52.3 Å². The lowest BCUT2D eigenvalue weighted by Gasteiger charge is -2.65. The summed E-state index contributed by atoms with van der Waals surface area (Å²) in [4.78, 5) is 24.5. The third-order valence-corrected chi connectivity index (χ3v) is 11.8. The normalized spacial score (nSPS) is 51.4. The van der Waals surface area contributed by atoms with Crippen LogP contribution in [0.25, 0.3) is 0 Å². The Morgan fingerprint density at radius 1 is 1.03 bits per heavy atom. The standard InChI is InChI=1S/C30H42O9/c1-17-13-23(32)25(34)26(38-17)39-19-5-10-28(16-31)21-6-9-27(2)20(18-3-4-24(33)37-15-18)8-12-30(27,36)22(21)7-11-29(28,35)14-19/h3-4,15-17,19-23,25-26,32,34-36H,5-14H2,1-2H3/t17-,19+,20-,21+,22-,23+,25+,26-,27-,28+,29+,30+/m1/s1. The molecule has 4 saturated carbocycles. The van der Waals surface area contributed by atoms with Gasteiger partial charge in [0.15, 0.2) is 6.29 Å². The molecular formula is C30H42O9. The fourth-order valence-corrected chi connectivity index (χ4v) is 9.68. The first kappa shape index (κ1) is 27.5. The van der Waals surface area contributed by atoms with Crippen LogP contribution in [-0.2, 0) is 14.3 Å². The summed E-state index contributed by atoms with van der Waals surface area (Å²) in [5.74, 6) is -0.234. The van der Waals surface area contributed by atoms with Crippen molar-refractivity contribution in [3.63, 3.8) is 0 Å². The van der Waals surface area contributed by atoms with E-state index in [4.69, 9.17) is 13.9 Å². The highest BCUT2D eigenvalue weighted by atomic mass is 16.7. The van der Waals surface area contributed by atoms with Gasteiger partial charge in [-0.3, -0.25) is 0 Å². The number of carbonyl (C=O) groups is 1. The molecule has 0 aromatic carbocycles. The Kier molecular flexibility index (Phi) is 6.68. The summed E-state index contributed by atoms with van der Waals surface area (Å²) < 4.78 is 17.0. The van der Waals surface area contributed by atoms with Crippen molar-refractivity contribution in [2.45, 2.75) is 126 Å². The van der Waals surface area contributed by atoms with Gasteiger partial charge < -0.3 is 39.1 Å². The maximum atomic E-state index is 13.0. The molecule has 0 spiro atoms. The zero-order valence-corrected chi connectivity index (χ0v) is 22.8. The molecule has 39 heavy (non-hydrogen) atoms. The molecule has 0 unspecified atom stereocenters. The van der Waals surface area contributed by atoms with E-state index in [0.717, 1.165) is 24.7 Å². The number of aliphatic hydroxyl groups is 4. The second kappa shape index (κ2) is 9.46. The molecular weight excluding hydrogens is 504 g/mol. The molecule has 5 fully saturated rings. The Hall–Kier alpha value is -1.62. The molecule has 1 saturated heterocycles. The Labute approximate surface area is 228 Å². The Morgan fingerprint density at radius 2 is 1.79 bits per heavy atom. The van der Waals surface area contributed by atoms with E-state index in [-0.39, 0.29) is 30.3 Å². The number of ether oxygens (including phenoxy) is 2. The monoisotopic (exact) mass is 546 g/mol. The van der Waals surface area contributed by atoms with Crippen LogP contribution in [0, 0.1) is 22.7 Å². The molecule has 1 aliphatic heterocycles. The molecule has 0 bridgehead atoms. The molecule has 2 heterocycles. The van der Waals surface area contributed by atoms with Crippen LogP contribution in [0.2, 0.25) is 0 Å². The fraction of sp³-hybridized carbons (Fsp3) is 0.800. The minimum atomic E-state index is -1.28. The van der Waals surface area contributed by atoms with Crippen molar-refractivity contribution in [3.8, 4) is 0 Å². The Balaban J connectivity index is 1.24. The lowest BCUT2D eigenvalue weighted by Crippen LogP contribution is -2.69. The topological polar surface area (TPSA) is 147 Å². The third-order valence-electron chi connectivity index (χ3n) is 11.8. The SMILES string of the molecule is C[C@@H]1C[C@H](O)[C@H](O)[C@@H](O[C@H]2CC[C@]3(C=O)[C@H]4CC[C@]5(C)[C@@H](c6ccc(=O)oc6)CC[C@]5(O)[C@@H]4CC[C@]3(O)C2)O1. The number of fused-ring (bicyclic) bond motifs is 5. The smallest absolute Gasteiger partial charge is 0.335 e. The van der Waals surface area contributed by atoms with Gasteiger partial charge in [-0.15, -0.1) is 0 Å². The van der Waals surface area contributed by atoms with Gasteiger partial charge >= 0.3 is 5.63 Å². The number of rotatable bonds is 4. The van der Waals surface area contributed by atoms with Crippen LogP contribution in [0.15, 0.2) is 27.6 Å². The Bertz CT molecular complexity index is 1130. The van der Waals surface area contributed by atoms with Gasteiger partial charge in [0.1, 0.15) is 12.4 Å². The number of hydrogen-bond acceptors (Lipinski definition) is 9. The first-order chi connectivity index (χ1) is 18.5. The molecule has 4 aliphatic carbocycles. The number of aliphatic hydroxyl groups excluding tert-OH is 2. The van der Waals surface area contributed by atoms with Gasteiger partial charge in [0.2, 0.25) is 0 Å².